The molecule has 36 heavy (non-hydrogen) atoms. The van der Waals surface area contributed by atoms with Crippen LogP contribution in [0.4, 0.5) is 0 Å². The van der Waals surface area contributed by atoms with Gasteiger partial charge < -0.3 is 9.26 Å². The molecule has 0 aromatic heterocycles. The molecule has 186 valence electrons. The van der Waals surface area contributed by atoms with Crippen LogP contribution in [-0.4, -0.2) is 12.2 Å². The van der Waals surface area contributed by atoms with Crippen molar-refractivity contribution in [3.8, 4) is 5.75 Å². The van der Waals surface area contributed by atoms with Crippen molar-refractivity contribution >= 4 is 12.7 Å². The van der Waals surface area contributed by atoms with Crippen molar-refractivity contribution in [3.63, 3.8) is 0 Å². The largest absolute Gasteiger partial charge is 0.491 e. The number of fused-ring (bicyclic) bond motifs is 3. The summed E-state index contributed by atoms with van der Waals surface area (Å²) < 4.78 is 27.8. The van der Waals surface area contributed by atoms with Crippen molar-refractivity contribution in [1.82, 2.24) is 0 Å². The first-order valence-electron chi connectivity index (χ1n) is 12.8. The smallest absolute Gasteiger partial charge is 0.244 e. The van der Waals surface area contributed by atoms with Crippen LogP contribution in [-0.2, 0) is 14.5 Å². The highest BCUT2D eigenvalue weighted by Gasteiger charge is 2.47. The van der Waals surface area contributed by atoms with Gasteiger partial charge in [0.05, 0.1) is 17.9 Å². The Labute approximate surface area is 215 Å². The lowest BCUT2D eigenvalue weighted by Gasteiger charge is -2.40. The quantitative estimate of drug-likeness (QED) is 0.334. The number of allylic oxidation sites excluding steroid dienone is 2. The van der Waals surface area contributed by atoms with E-state index < -0.39 is 13.0 Å². The van der Waals surface area contributed by atoms with Crippen molar-refractivity contribution in [3.05, 3.63) is 119 Å². The molecule has 4 unspecified atom stereocenters. The Kier molecular flexibility index (Phi) is 6.57. The average molecular weight is 499 g/mol. The summed E-state index contributed by atoms with van der Waals surface area (Å²) in [5, 5.41) is 0.818. The molecular weight excluding hydrogens is 463 g/mol. The molecular formula is C32H35O3P. The second-order valence-electron chi connectivity index (χ2n) is 11.0. The Bertz CT molecular complexity index is 1330. The maximum Gasteiger partial charge on any atom is 0.244 e. The van der Waals surface area contributed by atoms with Crippen molar-refractivity contribution in [2.75, 3.05) is 0 Å². The molecule has 0 bridgehead atoms. The fourth-order valence-corrected chi connectivity index (χ4v) is 8.29. The van der Waals surface area contributed by atoms with Crippen LogP contribution in [0.5, 0.6) is 5.75 Å². The van der Waals surface area contributed by atoms with Crippen LogP contribution >= 0.6 is 7.37 Å². The molecule has 1 aliphatic heterocycles. The molecule has 1 heterocycles. The zero-order valence-electron chi connectivity index (χ0n) is 21.7. The van der Waals surface area contributed by atoms with Gasteiger partial charge in [0.1, 0.15) is 5.75 Å². The fourth-order valence-electron chi connectivity index (χ4n) is 5.21. The second-order valence-corrected chi connectivity index (χ2v) is 13.4. The van der Waals surface area contributed by atoms with Gasteiger partial charge in [-0.15, -0.1) is 0 Å². The Hall–Kier alpha value is -2.87. The average Bonchev–Trinajstić information content (AvgIpc) is 2.85. The third-order valence-electron chi connectivity index (χ3n) is 6.99. The van der Waals surface area contributed by atoms with E-state index in [0.29, 0.717) is 0 Å². The first-order valence-corrected chi connectivity index (χ1v) is 14.5. The first kappa shape index (κ1) is 24.8. The number of rotatable bonds is 5. The van der Waals surface area contributed by atoms with Gasteiger partial charge in [-0.25, -0.2) is 0 Å². The minimum absolute atomic E-state index is 0.0363. The molecule has 0 amide bonds. The molecule has 0 fully saturated rings. The molecule has 0 saturated heterocycles. The van der Waals surface area contributed by atoms with Crippen molar-refractivity contribution < 1.29 is 13.8 Å². The third-order valence-corrected chi connectivity index (χ3v) is 9.91. The van der Waals surface area contributed by atoms with E-state index in [1.54, 1.807) is 0 Å². The number of hydrogen-bond donors (Lipinski definition) is 0. The zero-order valence-corrected chi connectivity index (χ0v) is 22.6. The van der Waals surface area contributed by atoms with Crippen LogP contribution in [0.15, 0.2) is 97.1 Å². The lowest BCUT2D eigenvalue weighted by Crippen LogP contribution is -2.34. The summed E-state index contributed by atoms with van der Waals surface area (Å²) >= 11 is 0. The molecule has 1 aliphatic carbocycles. The van der Waals surface area contributed by atoms with Gasteiger partial charge in [0.25, 0.3) is 0 Å². The van der Waals surface area contributed by atoms with E-state index in [-0.39, 0.29) is 23.5 Å². The van der Waals surface area contributed by atoms with Crippen LogP contribution < -0.4 is 10.0 Å². The van der Waals surface area contributed by atoms with E-state index in [4.69, 9.17) is 9.26 Å². The maximum absolute atomic E-state index is 15.2. The highest BCUT2D eigenvalue weighted by Crippen LogP contribution is 2.66. The summed E-state index contributed by atoms with van der Waals surface area (Å²) in [6, 6.07) is 24.7. The number of benzene rings is 3. The van der Waals surface area contributed by atoms with Crippen molar-refractivity contribution in [2.24, 2.45) is 0 Å². The zero-order chi connectivity index (χ0) is 25.5. The Balaban J connectivity index is 1.67. The molecule has 4 heteroatoms. The number of hydrogen-bond acceptors (Lipinski definition) is 3. The normalized spacial score (nSPS) is 23.7. The molecule has 0 radical (unpaired) electrons. The molecule has 0 spiro atoms. The predicted molar refractivity (Wildman–Crippen MR) is 149 cm³/mol. The molecule has 5 rings (SSSR count). The van der Waals surface area contributed by atoms with Crippen LogP contribution in [0.1, 0.15) is 68.4 Å². The van der Waals surface area contributed by atoms with Gasteiger partial charge in [-0.05, 0) is 59.7 Å². The van der Waals surface area contributed by atoms with E-state index in [9.17, 15) is 0 Å². The van der Waals surface area contributed by atoms with E-state index in [0.717, 1.165) is 27.7 Å². The molecule has 4 atom stereocenters. The molecule has 0 N–H and O–H groups in total. The third kappa shape index (κ3) is 4.63. The van der Waals surface area contributed by atoms with Crippen molar-refractivity contribution in [2.45, 2.75) is 63.8 Å². The van der Waals surface area contributed by atoms with E-state index in [1.807, 2.05) is 74.5 Å². The lowest BCUT2D eigenvalue weighted by molar-refractivity contribution is 0.228. The Morgan fingerprint density at radius 1 is 0.833 bits per heavy atom. The standard InChI is InChI=1S/C32H35O3P/c1-22(2)34-26-20-16-24(17-21-26)31(23-14-18-25(19-15-23)32(3,4)5)36(33)30-13-9-7-11-28(30)27-10-6-8-12-29(27)35-36/h6-22,27,29,31H,1-5H3. The number of ether oxygens (including phenoxy) is 1. The van der Waals surface area contributed by atoms with Crippen LogP contribution in [0, 0.1) is 0 Å². The van der Waals surface area contributed by atoms with Gasteiger partial charge in [0.2, 0.25) is 7.37 Å². The summed E-state index contributed by atoms with van der Waals surface area (Å²) in [7, 11) is -3.37. The van der Waals surface area contributed by atoms with Crippen LogP contribution in [0.2, 0.25) is 0 Å². The molecule has 3 aromatic carbocycles. The van der Waals surface area contributed by atoms with Crippen LogP contribution in [0.25, 0.3) is 0 Å². The highest BCUT2D eigenvalue weighted by molar-refractivity contribution is 7.67. The maximum atomic E-state index is 15.2. The minimum Gasteiger partial charge on any atom is -0.491 e. The SMILES string of the molecule is CC(C)Oc1ccc(C(c2ccc(C(C)(C)C)cc2)P2(=O)OC3C=CC=CC3c3ccccc32)cc1. The highest BCUT2D eigenvalue weighted by atomic mass is 31.2. The summed E-state index contributed by atoms with van der Waals surface area (Å²) in [4.78, 5) is 0. The predicted octanol–water partition coefficient (Wildman–Crippen LogP) is 8.07. The fraction of sp³-hybridized carbons (Fsp3) is 0.312. The van der Waals surface area contributed by atoms with E-state index >= 15 is 4.57 Å². The van der Waals surface area contributed by atoms with E-state index in [2.05, 4.69) is 57.2 Å². The lowest BCUT2D eigenvalue weighted by atomic mass is 9.86. The minimum atomic E-state index is -3.37. The summed E-state index contributed by atoms with van der Waals surface area (Å²) in [6.07, 6.45) is 8.06. The van der Waals surface area contributed by atoms with E-state index in [1.165, 1.54) is 5.56 Å². The topological polar surface area (TPSA) is 35.5 Å². The first-order chi connectivity index (χ1) is 17.2. The van der Waals surface area contributed by atoms with Gasteiger partial charge in [0, 0.05) is 11.2 Å². The Morgan fingerprint density at radius 3 is 2.08 bits per heavy atom. The monoisotopic (exact) mass is 498 g/mol. The molecule has 0 saturated carbocycles. The second kappa shape index (κ2) is 9.54. The summed E-state index contributed by atoms with van der Waals surface area (Å²) in [5.74, 6) is 0.873. The Morgan fingerprint density at radius 2 is 1.44 bits per heavy atom. The van der Waals surface area contributed by atoms with Gasteiger partial charge in [-0.1, -0.05) is 99.7 Å². The van der Waals surface area contributed by atoms with Crippen molar-refractivity contribution in [1.29, 1.82) is 0 Å². The van der Waals surface area contributed by atoms with Gasteiger partial charge >= 0.3 is 0 Å². The summed E-state index contributed by atoms with van der Waals surface area (Å²) in [5.41, 5.74) is 3.90. The molecule has 2 aliphatic rings. The van der Waals surface area contributed by atoms with Gasteiger partial charge in [-0.3, -0.25) is 4.57 Å². The van der Waals surface area contributed by atoms with Gasteiger partial charge in [0.15, 0.2) is 0 Å². The summed E-state index contributed by atoms with van der Waals surface area (Å²) in [6.45, 7) is 10.7. The van der Waals surface area contributed by atoms with Gasteiger partial charge in [-0.2, -0.15) is 0 Å². The molecule has 3 nitrogen and oxygen atoms in total. The molecule has 3 aromatic rings. The van der Waals surface area contributed by atoms with Crippen LogP contribution in [0.3, 0.4) is 0 Å².